The molecular formula is C31H39N. The molecule has 0 unspecified atom stereocenters. The van der Waals surface area contributed by atoms with Crippen LogP contribution in [0.5, 0.6) is 0 Å². The van der Waals surface area contributed by atoms with Crippen LogP contribution in [-0.4, -0.2) is 13.3 Å². The normalized spacial score (nSPS) is 14.2. The van der Waals surface area contributed by atoms with E-state index in [0.29, 0.717) is 0 Å². The lowest BCUT2D eigenvalue weighted by Crippen LogP contribution is -2.06. The molecule has 1 heteroatoms. The number of aliphatic imine (C=N–C) groups is 1. The Hall–Kier alpha value is -2.93. The van der Waals surface area contributed by atoms with Gasteiger partial charge in [0.1, 0.15) is 0 Å². The molecule has 0 fully saturated rings. The second kappa shape index (κ2) is 12.2. The summed E-state index contributed by atoms with van der Waals surface area (Å²) in [6.45, 7) is 15.3. The second-order valence-electron chi connectivity index (χ2n) is 8.64. The van der Waals surface area contributed by atoms with Crippen LogP contribution in [0.15, 0.2) is 93.6 Å². The van der Waals surface area contributed by atoms with Crippen molar-refractivity contribution in [1.29, 1.82) is 0 Å². The van der Waals surface area contributed by atoms with Gasteiger partial charge in [-0.15, -0.1) is 0 Å². The molecule has 0 saturated carbocycles. The van der Waals surface area contributed by atoms with Crippen molar-refractivity contribution in [2.75, 3.05) is 7.05 Å². The van der Waals surface area contributed by atoms with E-state index in [9.17, 15) is 0 Å². The lowest BCUT2D eigenvalue weighted by atomic mass is 9.85. The maximum atomic E-state index is 4.44. The minimum Gasteiger partial charge on any atom is -0.296 e. The molecule has 0 aromatic heterocycles. The summed E-state index contributed by atoms with van der Waals surface area (Å²) in [7, 11) is 1.86. The number of hydrogen-bond acceptors (Lipinski definition) is 1. The minimum atomic E-state index is 0.910. The van der Waals surface area contributed by atoms with E-state index in [0.717, 1.165) is 12.8 Å². The molecule has 0 aliphatic rings. The van der Waals surface area contributed by atoms with Crippen molar-refractivity contribution in [3.63, 3.8) is 0 Å². The lowest BCUT2D eigenvalue weighted by Gasteiger charge is -2.19. The highest BCUT2D eigenvalue weighted by atomic mass is 14.6. The number of benzene rings is 2. The third-order valence-corrected chi connectivity index (χ3v) is 6.13. The van der Waals surface area contributed by atoms with E-state index in [2.05, 4.69) is 114 Å². The largest absolute Gasteiger partial charge is 0.296 e. The smallest absolute Gasteiger partial charge is 0.0283 e. The van der Waals surface area contributed by atoms with E-state index in [1.807, 2.05) is 13.3 Å². The molecule has 2 rings (SSSR count). The van der Waals surface area contributed by atoms with Crippen molar-refractivity contribution in [2.24, 2.45) is 4.99 Å². The first kappa shape index (κ1) is 25.3. The molecule has 1 nitrogen and oxygen atoms in total. The summed E-state index contributed by atoms with van der Waals surface area (Å²) in [5.74, 6) is 0. The van der Waals surface area contributed by atoms with Crippen molar-refractivity contribution in [3.8, 4) is 0 Å². The van der Waals surface area contributed by atoms with Crippen molar-refractivity contribution in [3.05, 3.63) is 116 Å². The van der Waals surface area contributed by atoms with Gasteiger partial charge in [-0.25, -0.2) is 0 Å². The Bertz CT molecular complexity index is 1070. The van der Waals surface area contributed by atoms with Crippen LogP contribution in [0.4, 0.5) is 0 Å². The van der Waals surface area contributed by atoms with Gasteiger partial charge in [0.25, 0.3) is 0 Å². The fourth-order valence-electron chi connectivity index (χ4n) is 4.35. The number of aryl methyl sites for hydroxylation is 3. The van der Waals surface area contributed by atoms with Gasteiger partial charge in [-0.3, -0.25) is 4.99 Å². The molecule has 0 heterocycles. The summed E-state index contributed by atoms with van der Waals surface area (Å²) in [4.78, 5) is 4.44. The average Bonchev–Trinajstić information content (AvgIpc) is 2.75. The van der Waals surface area contributed by atoms with Crippen molar-refractivity contribution in [1.82, 2.24) is 0 Å². The van der Waals surface area contributed by atoms with E-state index in [-0.39, 0.29) is 0 Å². The maximum absolute atomic E-state index is 4.44. The predicted octanol–water partition coefficient (Wildman–Crippen LogP) is 8.25. The molecule has 0 spiro atoms. The number of rotatable bonds is 8. The second-order valence-corrected chi connectivity index (χ2v) is 8.64. The van der Waals surface area contributed by atoms with Crippen LogP contribution in [0, 0.1) is 20.8 Å². The molecule has 0 saturated heterocycles. The zero-order valence-corrected chi connectivity index (χ0v) is 21.2. The highest BCUT2D eigenvalue weighted by Gasteiger charge is 2.15. The highest BCUT2D eigenvalue weighted by molar-refractivity contribution is 5.86. The number of hydrogen-bond donors (Lipinski definition) is 0. The van der Waals surface area contributed by atoms with Crippen LogP contribution < -0.4 is 0 Å². The van der Waals surface area contributed by atoms with E-state index in [1.54, 1.807) is 0 Å². The molecule has 0 bridgehead atoms. The summed E-state index contributed by atoms with van der Waals surface area (Å²) in [6, 6.07) is 15.4. The first-order valence-electron chi connectivity index (χ1n) is 11.5. The summed E-state index contributed by atoms with van der Waals surface area (Å²) in [5.41, 5.74) is 13.3. The Balaban J connectivity index is 2.69. The molecule has 0 amide bonds. The van der Waals surface area contributed by atoms with Gasteiger partial charge >= 0.3 is 0 Å². The lowest BCUT2D eigenvalue weighted by molar-refractivity contribution is 1.06. The van der Waals surface area contributed by atoms with Gasteiger partial charge in [-0.1, -0.05) is 71.8 Å². The molecule has 2 aromatic rings. The van der Waals surface area contributed by atoms with Crippen molar-refractivity contribution >= 4 is 6.21 Å². The van der Waals surface area contributed by atoms with E-state index in [1.165, 1.54) is 55.7 Å². The molecule has 0 radical (unpaired) electrons. The van der Waals surface area contributed by atoms with E-state index < -0.39 is 0 Å². The Morgan fingerprint density at radius 1 is 0.906 bits per heavy atom. The van der Waals surface area contributed by atoms with Crippen LogP contribution in [0.3, 0.4) is 0 Å². The summed E-state index contributed by atoms with van der Waals surface area (Å²) < 4.78 is 0. The fraction of sp³-hybridized carbons (Fsp3) is 0.323. The van der Waals surface area contributed by atoms with E-state index in [4.69, 9.17) is 0 Å². The Morgan fingerprint density at radius 2 is 1.56 bits per heavy atom. The monoisotopic (exact) mass is 425 g/mol. The standard InChI is InChI=1S/C31H39N/c1-9-13-28(10-2)30(20-29-23(4)15-12-16-24(29)5)26(7)31(21-32-8)25(6)19-27-17-11-14-22(3)18-27/h9-18,21H,19-20H2,1-8H3/b13-9-,28-10+,30-26-,31-25+,32-21?. The van der Waals surface area contributed by atoms with Gasteiger partial charge in [-0.05, 0) is 106 Å². The molecule has 0 N–H and O–H groups in total. The van der Waals surface area contributed by atoms with Crippen LogP contribution in [0.2, 0.25) is 0 Å². The third kappa shape index (κ3) is 6.53. The molecule has 0 aliphatic carbocycles. The van der Waals surface area contributed by atoms with E-state index >= 15 is 0 Å². The number of allylic oxidation sites excluding steroid dienone is 8. The Morgan fingerprint density at radius 3 is 2.12 bits per heavy atom. The van der Waals surface area contributed by atoms with Gasteiger partial charge in [0.15, 0.2) is 0 Å². The summed E-state index contributed by atoms with van der Waals surface area (Å²) in [5, 5.41) is 0. The molecular weight excluding hydrogens is 386 g/mol. The van der Waals surface area contributed by atoms with Crippen LogP contribution in [0.25, 0.3) is 0 Å². The van der Waals surface area contributed by atoms with Crippen LogP contribution in [0.1, 0.15) is 55.5 Å². The zero-order valence-electron chi connectivity index (χ0n) is 21.2. The summed E-state index contributed by atoms with van der Waals surface area (Å²) in [6.07, 6.45) is 10.4. The molecule has 32 heavy (non-hydrogen) atoms. The van der Waals surface area contributed by atoms with Gasteiger partial charge < -0.3 is 0 Å². The molecule has 0 aliphatic heterocycles. The number of nitrogens with zero attached hydrogens (tertiary/aromatic N) is 1. The molecule has 2 aromatic carbocycles. The maximum Gasteiger partial charge on any atom is 0.0283 e. The summed E-state index contributed by atoms with van der Waals surface area (Å²) >= 11 is 0. The SMILES string of the molecule is C\C=C/C(=C\C)C(/Cc1c(C)cccc1C)=C(C)\C(C=NC)=C(/C)Cc1cccc(C)c1. The van der Waals surface area contributed by atoms with Gasteiger partial charge in [0.2, 0.25) is 0 Å². The van der Waals surface area contributed by atoms with Gasteiger partial charge in [-0.2, -0.15) is 0 Å². The Labute approximate surface area is 196 Å². The van der Waals surface area contributed by atoms with Gasteiger partial charge in [0, 0.05) is 13.3 Å². The zero-order chi connectivity index (χ0) is 23.7. The molecule has 168 valence electrons. The minimum absolute atomic E-state index is 0.910. The topological polar surface area (TPSA) is 12.4 Å². The van der Waals surface area contributed by atoms with Gasteiger partial charge in [0.05, 0.1) is 0 Å². The van der Waals surface area contributed by atoms with Crippen LogP contribution >= 0.6 is 0 Å². The quantitative estimate of drug-likeness (QED) is 0.298. The first-order chi connectivity index (χ1) is 15.3. The highest BCUT2D eigenvalue weighted by Crippen LogP contribution is 2.29. The van der Waals surface area contributed by atoms with Crippen molar-refractivity contribution < 1.29 is 0 Å². The average molecular weight is 426 g/mol. The fourth-order valence-corrected chi connectivity index (χ4v) is 4.35. The van der Waals surface area contributed by atoms with Crippen molar-refractivity contribution in [2.45, 2.75) is 61.3 Å². The Kier molecular flexibility index (Phi) is 9.65. The molecule has 0 atom stereocenters. The first-order valence-corrected chi connectivity index (χ1v) is 11.5. The predicted molar refractivity (Wildman–Crippen MR) is 143 cm³/mol. The third-order valence-electron chi connectivity index (χ3n) is 6.13. The van der Waals surface area contributed by atoms with Crippen LogP contribution in [-0.2, 0) is 12.8 Å².